The van der Waals surface area contributed by atoms with Crippen LogP contribution in [0, 0.1) is 11.8 Å². The van der Waals surface area contributed by atoms with E-state index >= 15 is 0 Å². The fourth-order valence-electron chi connectivity index (χ4n) is 2.27. The van der Waals surface area contributed by atoms with Crippen molar-refractivity contribution in [3.05, 3.63) is 37.0 Å². The summed E-state index contributed by atoms with van der Waals surface area (Å²) >= 11 is 0. The first-order valence-electron chi connectivity index (χ1n) is 6.34. The molecule has 0 N–H and O–H groups in total. The molecule has 2 heteroatoms. The van der Waals surface area contributed by atoms with Crippen LogP contribution < -0.4 is 0 Å². The summed E-state index contributed by atoms with van der Waals surface area (Å²) in [5, 5.41) is 0. The van der Waals surface area contributed by atoms with Gasteiger partial charge in [0.2, 0.25) is 0 Å². The molecule has 0 spiro atoms. The van der Waals surface area contributed by atoms with E-state index in [2.05, 4.69) is 27.0 Å². The largest absolute Gasteiger partial charge is 0.338 e. The maximum atomic E-state index is 12.2. The van der Waals surface area contributed by atoms with Crippen molar-refractivity contribution in [1.29, 1.82) is 0 Å². The summed E-state index contributed by atoms with van der Waals surface area (Å²) in [5.41, 5.74) is 0.643. The summed E-state index contributed by atoms with van der Waals surface area (Å²) in [7, 11) is 0. The molecule has 0 saturated carbocycles. The smallest absolute Gasteiger partial charge is 0.253 e. The van der Waals surface area contributed by atoms with Gasteiger partial charge < -0.3 is 4.90 Å². The van der Waals surface area contributed by atoms with E-state index in [0.29, 0.717) is 17.4 Å². The van der Waals surface area contributed by atoms with Crippen molar-refractivity contribution in [2.75, 3.05) is 13.1 Å². The number of hydrogen-bond acceptors (Lipinski definition) is 1. The van der Waals surface area contributed by atoms with Crippen molar-refractivity contribution in [2.24, 2.45) is 11.8 Å². The number of amides is 1. The van der Waals surface area contributed by atoms with Gasteiger partial charge in [-0.15, -0.1) is 0 Å². The van der Waals surface area contributed by atoms with Gasteiger partial charge in [-0.3, -0.25) is 4.79 Å². The van der Waals surface area contributed by atoms with Crippen molar-refractivity contribution < 1.29 is 4.79 Å². The normalized spacial score (nSPS) is 21.5. The number of rotatable bonds is 4. The summed E-state index contributed by atoms with van der Waals surface area (Å²) < 4.78 is 0. The molecule has 94 valence electrons. The van der Waals surface area contributed by atoms with Crippen LogP contribution in [0.1, 0.15) is 26.7 Å². The number of carbonyl (C=O) groups is 1. The first kappa shape index (κ1) is 13.8. The Kier molecular flexibility index (Phi) is 5.20. The predicted molar refractivity (Wildman–Crippen MR) is 72.6 cm³/mol. The Bertz CT molecular complexity index is 328. The highest BCUT2D eigenvalue weighted by atomic mass is 16.2. The van der Waals surface area contributed by atoms with Gasteiger partial charge in [0.25, 0.3) is 5.91 Å². The molecule has 0 bridgehead atoms. The van der Waals surface area contributed by atoms with Crippen LogP contribution in [0.3, 0.4) is 0 Å². The molecule has 1 heterocycles. The third-order valence-corrected chi connectivity index (χ3v) is 3.45. The van der Waals surface area contributed by atoms with Gasteiger partial charge in [-0.25, -0.2) is 0 Å². The van der Waals surface area contributed by atoms with E-state index in [0.717, 1.165) is 19.5 Å². The topological polar surface area (TPSA) is 20.3 Å². The standard InChI is InChI=1S/C15H23NO/c1-5-8-13(6-2)15(17)16-10-7-9-14(11-16)12(3)4/h5-6,8,12,14H,1-2,7,9-11H2,3-4H3/b13-8+. The number of allylic oxidation sites excluding steroid dienone is 2. The summed E-state index contributed by atoms with van der Waals surface area (Å²) in [4.78, 5) is 14.2. The highest BCUT2D eigenvalue weighted by Gasteiger charge is 2.26. The fourth-order valence-corrected chi connectivity index (χ4v) is 2.27. The van der Waals surface area contributed by atoms with Crippen LogP contribution in [0.2, 0.25) is 0 Å². The quantitative estimate of drug-likeness (QED) is 0.539. The van der Waals surface area contributed by atoms with Crippen LogP contribution in [0.25, 0.3) is 0 Å². The molecule has 1 aliphatic rings. The van der Waals surface area contributed by atoms with E-state index in [-0.39, 0.29) is 5.91 Å². The van der Waals surface area contributed by atoms with Gasteiger partial charge in [-0.2, -0.15) is 0 Å². The second-order valence-corrected chi connectivity index (χ2v) is 4.96. The van der Waals surface area contributed by atoms with Crippen LogP contribution in [0.4, 0.5) is 0 Å². The maximum Gasteiger partial charge on any atom is 0.253 e. The van der Waals surface area contributed by atoms with Crippen LogP contribution in [-0.2, 0) is 4.79 Å². The van der Waals surface area contributed by atoms with Crippen molar-refractivity contribution in [3.8, 4) is 0 Å². The van der Waals surface area contributed by atoms with E-state index in [4.69, 9.17) is 0 Å². The summed E-state index contributed by atoms with van der Waals surface area (Å²) in [6.45, 7) is 13.5. The molecule has 17 heavy (non-hydrogen) atoms. The molecule has 0 aromatic rings. The van der Waals surface area contributed by atoms with Crippen LogP contribution in [0.15, 0.2) is 37.0 Å². The van der Waals surface area contributed by atoms with Gasteiger partial charge >= 0.3 is 0 Å². The Morgan fingerprint density at radius 1 is 1.41 bits per heavy atom. The Balaban J connectivity index is 2.72. The number of nitrogens with zero attached hydrogens (tertiary/aromatic N) is 1. The van der Waals surface area contributed by atoms with Gasteiger partial charge in [-0.1, -0.05) is 45.2 Å². The zero-order chi connectivity index (χ0) is 12.8. The highest BCUT2D eigenvalue weighted by molar-refractivity contribution is 5.96. The van der Waals surface area contributed by atoms with Crippen molar-refractivity contribution in [3.63, 3.8) is 0 Å². The molecule has 1 amide bonds. The van der Waals surface area contributed by atoms with Crippen molar-refractivity contribution in [1.82, 2.24) is 4.90 Å². The average Bonchev–Trinajstić information content (AvgIpc) is 2.35. The Hall–Kier alpha value is -1.31. The minimum Gasteiger partial charge on any atom is -0.338 e. The van der Waals surface area contributed by atoms with Gasteiger partial charge in [0.15, 0.2) is 0 Å². The lowest BCUT2D eigenvalue weighted by atomic mass is 9.87. The van der Waals surface area contributed by atoms with E-state index in [1.54, 1.807) is 18.2 Å². The summed E-state index contributed by atoms with van der Waals surface area (Å²) in [6.07, 6.45) is 7.32. The molecular weight excluding hydrogens is 210 g/mol. The Morgan fingerprint density at radius 2 is 2.12 bits per heavy atom. The molecule has 0 aromatic heterocycles. The average molecular weight is 233 g/mol. The van der Waals surface area contributed by atoms with E-state index < -0.39 is 0 Å². The van der Waals surface area contributed by atoms with E-state index in [9.17, 15) is 4.79 Å². The zero-order valence-electron chi connectivity index (χ0n) is 11.0. The molecule has 1 rings (SSSR count). The number of carbonyl (C=O) groups excluding carboxylic acids is 1. The molecule has 1 aliphatic heterocycles. The van der Waals surface area contributed by atoms with Gasteiger partial charge in [0.05, 0.1) is 0 Å². The third-order valence-electron chi connectivity index (χ3n) is 3.45. The maximum absolute atomic E-state index is 12.2. The zero-order valence-corrected chi connectivity index (χ0v) is 11.0. The molecule has 1 atom stereocenters. The Labute approximate surface area is 105 Å². The highest BCUT2D eigenvalue weighted by Crippen LogP contribution is 2.24. The van der Waals surface area contributed by atoms with Crippen LogP contribution in [-0.4, -0.2) is 23.9 Å². The molecule has 0 aromatic carbocycles. The molecule has 0 radical (unpaired) electrons. The Morgan fingerprint density at radius 3 is 2.65 bits per heavy atom. The summed E-state index contributed by atoms with van der Waals surface area (Å²) in [5.74, 6) is 1.36. The monoisotopic (exact) mass is 233 g/mol. The molecular formula is C15H23NO. The lowest BCUT2D eigenvalue weighted by Gasteiger charge is -2.35. The number of likely N-dealkylation sites (tertiary alicyclic amines) is 1. The molecule has 0 aliphatic carbocycles. The SMILES string of the molecule is C=C/C=C(\C=C)C(=O)N1CCCC(C(C)C)C1. The second-order valence-electron chi connectivity index (χ2n) is 4.96. The molecule has 1 saturated heterocycles. The number of hydrogen-bond donors (Lipinski definition) is 0. The van der Waals surface area contributed by atoms with Gasteiger partial charge in [0.1, 0.15) is 0 Å². The van der Waals surface area contributed by atoms with Crippen LogP contribution in [0.5, 0.6) is 0 Å². The van der Waals surface area contributed by atoms with E-state index in [1.807, 2.05) is 4.90 Å². The first-order chi connectivity index (χ1) is 8.10. The first-order valence-corrected chi connectivity index (χ1v) is 6.34. The number of piperidine rings is 1. The second kappa shape index (κ2) is 6.43. The lowest BCUT2D eigenvalue weighted by molar-refractivity contribution is -0.128. The van der Waals surface area contributed by atoms with Crippen LogP contribution >= 0.6 is 0 Å². The summed E-state index contributed by atoms with van der Waals surface area (Å²) in [6, 6.07) is 0. The fraction of sp³-hybridized carbons (Fsp3) is 0.533. The molecule has 1 fully saturated rings. The minimum atomic E-state index is 0.0882. The van der Waals surface area contributed by atoms with Crippen molar-refractivity contribution >= 4 is 5.91 Å². The minimum absolute atomic E-state index is 0.0882. The third kappa shape index (κ3) is 3.58. The van der Waals surface area contributed by atoms with Crippen molar-refractivity contribution in [2.45, 2.75) is 26.7 Å². The molecule has 2 nitrogen and oxygen atoms in total. The lowest BCUT2D eigenvalue weighted by Crippen LogP contribution is -2.41. The van der Waals surface area contributed by atoms with Gasteiger partial charge in [0, 0.05) is 18.7 Å². The van der Waals surface area contributed by atoms with E-state index in [1.165, 1.54) is 6.42 Å². The predicted octanol–water partition coefficient (Wildman–Crippen LogP) is 3.18. The molecule has 1 unspecified atom stereocenters. The van der Waals surface area contributed by atoms with Gasteiger partial charge in [-0.05, 0) is 24.7 Å².